The molecule has 1 atom stereocenters. The zero-order valence-electron chi connectivity index (χ0n) is 11.3. The van der Waals surface area contributed by atoms with E-state index >= 15 is 0 Å². The average Bonchev–Trinajstić information content (AvgIpc) is 2.80. The molecule has 1 aliphatic rings. The van der Waals surface area contributed by atoms with E-state index in [1.165, 1.54) is 0 Å². The summed E-state index contributed by atoms with van der Waals surface area (Å²) in [7, 11) is 0. The van der Waals surface area contributed by atoms with Crippen LogP contribution in [0.25, 0.3) is 0 Å². The van der Waals surface area contributed by atoms with Crippen LogP contribution in [-0.2, 0) is 11.2 Å². The second-order valence-electron chi connectivity index (χ2n) is 5.23. The van der Waals surface area contributed by atoms with Gasteiger partial charge in [-0.15, -0.1) is 12.4 Å². The Morgan fingerprint density at radius 2 is 2.20 bits per heavy atom. The fourth-order valence-corrected chi connectivity index (χ4v) is 2.76. The van der Waals surface area contributed by atoms with Gasteiger partial charge in [0.05, 0.1) is 5.41 Å². The summed E-state index contributed by atoms with van der Waals surface area (Å²) in [6.07, 6.45) is 1.60. The monoisotopic (exact) mass is 336 g/mol. The van der Waals surface area contributed by atoms with Crippen LogP contribution in [0.5, 0.6) is 0 Å². The number of hydrogen-bond donors (Lipinski definition) is 2. The lowest BCUT2D eigenvalue weighted by molar-refractivity contribution is -0.129. The highest BCUT2D eigenvalue weighted by molar-refractivity contribution is 6.35. The lowest BCUT2D eigenvalue weighted by Crippen LogP contribution is -2.41. The maximum atomic E-state index is 12.1. The normalized spacial score (nSPS) is 21.4. The minimum absolute atomic E-state index is 0. The van der Waals surface area contributed by atoms with Crippen molar-refractivity contribution in [3.8, 4) is 0 Å². The van der Waals surface area contributed by atoms with Gasteiger partial charge in [-0.2, -0.15) is 0 Å². The highest BCUT2D eigenvalue weighted by Gasteiger charge is 2.35. The first-order chi connectivity index (χ1) is 9.01. The first-order valence-corrected chi connectivity index (χ1v) is 7.20. The van der Waals surface area contributed by atoms with E-state index in [4.69, 9.17) is 23.2 Å². The predicted octanol–water partition coefficient (Wildman–Crippen LogP) is 3.07. The molecule has 0 saturated carbocycles. The third kappa shape index (κ3) is 4.26. The van der Waals surface area contributed by atoms with E-state index in [-0.39, 0.29) is 23.7 Å². The Bertz CT molecular complexity index is 473. The molecule has 1 aliphatic heterocycles. The first kappa shape index (κ1) is 17.6. The molecule has 2 N–H and O–H groups in total. The number of rotatable bonds is 4. The number of halogens is 3. The molecular formula is C14H19Cl3N2O. The molecule has 1 unspecified atom stereocenters. The summed E-state index contributed by atoms with van der Waals surface area (Å²) in [5, 5.41) is 7.48. The Morgan fingerprint density at radius 1 is 1.45 bits per heavy atom. The van der Waals surface area contributed by atoms with E-state index in [1.54, 1.807) is 6.07 Å². The Balaban J connectivity index is 0.00000200. The van der Waals surface area contributed by atoms with Gasteiger partial charge in [-0.25, -0.2) is 0 Å². The van der Waals surface area contributed by atoms with Crippen LogP contribution < -0.4 is 10.6 Å². The predicted molar refractivity (Wildman–Crippen MR) is 86.0 cm³/mol. The molecule has 0 bridgehead atoms. The molecule has 1 aromatic rings. The summed E-state index contributed by atoms with van der Waals surface area (Å²) >= 11 is 11.9. The van der Waals surface area contributed by atoms with Gasteiger partial charge in [0.2, 0.25) is 5.91 Å². The van der Waals surface area contributed by atoms with Crippen LogP contribution in [0.15, 0.2) is 18.2 Å². The van der Waals surface area contributed by atoms with Crippen LogP contribution in [0.1, 0.15) is 18.9 Å². The van der Waals surface area contributed by atoms with E-state index in [0.717, 1.165) is 25.1 Å². The minimum atomic E-state index is -0.274. The second-order valence-corrected chi connectivity index (χ2v) is 6.07. The molecule has 6 heteroatoms. The number of amides is 1. The molecule has 1 saturated heterocycles. The molecular weight excluding hydrogens is 319 g/mol. The van der Waals surface area contributed by atoms with E-state index < -0.39 is 0 Å². The Hall–Kier alpha value is -0.480. The van der Waals surface area contributed by atoms with Crippen LogP contribution in [0.4, 0.5) is 0 Å². The molecule has 0 radical (unpaired) electrons. The van der Waals surface area contributed by atoms with Crippen molar-refractivity contribution in [1.29, 1.82) is 0 Å². The summed E-state index contributed by atoms with van der Waals surface area (Å²) in [4.78, 5) is 12.1. The van der Waals surface area contributed by atoms with Crippen molar-refractivity contribution in [2.24, 2.45) is 5.41 Å². The molecule has 0 spiro atoms. The summed E-state index contributed by atoms with van der Waals surface area (Å²) in [5.41, 5.74) is 0.727. The highest BCUT2D eigenvalue weighted by atomic mass is 35.5. The summed E-state index contributed by atoms with van der Waals surface area (Å²) < 4.78 is 0. The van der Waals surface area contributed by atoms with Crippen LogP contribution in [0.3, 0.4) is 0 Å². The number of carbonyl (C=O) groups is 1. The van der Waals surface area contributed by atoms with Crippen molar-refractivity contribution in [2.45, 2.75) is 19.8 Å². The number of carbonyl (C=O) groups excluding carboxylic acids is 1. The zero-order valence-corrected chi connectivity index (χ0v) is 13.7. The third-order valence-corrected chi connectivity index (χ3v) is 4.20. The molecule has 0 aliphatic carbocycles. The average molecular weight is 338 g/mol. The van der Waals surface area contributed by atoms with E-state index in [2.05, 4.69) is 10.6 Å². The lowest BCUT2D eigenvalue weighted by Gasteiger charge is -2.21. The van der Waals surface area contributed by atoms with Crippen LogP contribution >= 0.6 is 35.6 Å². The van der Waals surface area contributed by atoms with Gasteiger partial charge < -0.3 is 10.6 Å². The van der Waals surface area contributed by atoms with Crippen molar-refractivity contribution in [1.82, 2.24) is 10.6 Å². The fraction of sp³-hybridized carbons (Fsp3) is 0.500. The maximum absolute atomic E-state index is 12.1. The number of nitrogens with one attached hydrogen (secondary N) is 2. The van der Waals surface area contributed by atoms with Gasteiger partial charge in [0.15, 0.2) is 0 Å². The molecule has 2 rings (SSSR count). The molecule has 1 aromatic carbocycles. The van der Waals surface area contributed by atoms with Gasteiger partial charge in [0, 0.05) is 23.1 Å². The van der Waals surface area contributed by atoms with Crippen molar-refractivity contribution in [3.05, 3.63) is 33.8 Å². The highest BCUT2D eigenvalue weighted by Crippen LogP contribution is 2.24. The van der Waals surface area contributed by atoms with Gasteiger partial charge in [-0.1, -0.05) is 29.3 Å². The molecule has 1 heterocycles. The van der Waals surface area contributed by atoms with Crippen molar-refractivity contribution in [3.63, 3.8) is 0 Å². The van der Waals surface area contributed by atoms with Crippen molar-refractivity contribution >= 4 is 41.5 Å². The standard InChI is InChI=1S/C14H18Cl2N2O.ClH/c1-14(5-7-17-9-14)13(19)18-6-4-10-2-3-11(15)8-12(10)16;/h2-3,8,17H,4-7,9H2,1H3,(H,18,19);1H. The van der Waals surface area contributed by atoms with Crippen LogP contribution in [-0.4, -0.2) is 25.5 Å². The van der Waals surface area contributed by atoms with Crippen LogP contribution in [0, 0.1) is 5.41 Å². The molecule has 1 fully saturated rings. The van der Waals surface area contributed by atoms with E-state index in [9.17, 15) is 4.79 Å². The maximum Gasteiger partial charge on any atom is 0.227 e. The van der Waals surface area contributed by atoms with Crippen molar-refractivity contribution < 1.29 is 4.79 Å². The first-order valence-electron chi connectivity index (χ1n) is 6.44. The van der Waals surface area contributed by atoms with E-state index in [1.807, 2.05) is 19.1 Å². The zero-order chi connectivity index (χ0) is 13.9. The summed E-state index contributed by atoms with van der Waals surface area (Å²) in [6, 6.07) is 5.44. The molecule has 112 valence electrons. The Kier molecular flexibility index (Phi) is 6.59. The van der Waals surface area contributed by atoms with Gasteiger partial charge in [0.1, 0.15) is 0 Å². The Labute approximate surface area is 135 Å². The van der Waals surface area contributed by atoms with Gasteiger partial charge in [-0.05, 0) is 44.0 Å². The fourth-order valence-electron chi connectivity index (χ4n) is 2.26. The van der Waals surface area contributed by atoms with Crippen molar-refractivity contribution in [2.75, 3.05) is 19.6 Å². The largest absolute Gasteiger partial charge is 0.355 e. The molecule has 0 aromatic heterocycles. The lowest BCUT2D eigenvalue weighted by atomic mass is 9.89. The third-order valence-electron chi connectivity index (χ3n) is 3.61. The quantitative estimate of drug-likeness (QED) is 0.886. The van der Waals surface area contributed by atoms with Gasteiger partial charge in [-0.3, -0.25) is 4.79 Å². The topological polar surface area (TPSA) is 41.1 Å². The SMILES string of the molecule is CC1(C(=O)NCCc2ccc(Cl)cc2Cl)CCNC1.Cl. The summed E-state index contributed by atoms with van der Waals surface area (Å²) in [6.45, 7) is 4.25. The molecule has 3 nitrogen and oxygen atoms in total. The second kappa shape index (κ2) is 7.51. The van der Waals surface area contributed by atoms with Crippen LogP contribution in [0.2, 0.25) is 10.0 Å². The number of hydrogen-bond acceptors (Lipinski definition) is 2. The number of benzene rings is 1. The summed E-state index contributed by atoms with van der Waals surface area (Å²) in [5.74, 6) is 0.114. The van der Waals surface area contributed by atoms with E-state index in [0.29, 0.717) is 23.0 Å². The Morgan fingerprint density at radius 3 is 2.80 bits per heavy atom. The van der Waals surface area contributed by atoms with Gasteiger partial charge >= 0.3 is 0 Å². The minimum Gasteiger partial charge on any atom is -0.355 e. The molecule has 20 heavy (non-hydrogen) atoms. The van der Waals surface area contributed by atoms with Gasteiger partial charge in [0.25, 0.3) is 0 Å². The smallest absolute Gasteiger partial charge is 0.227 e. The molecule has 1 amide bonds.